The summed E-state index contributed by atoms with van der Waals surface area (Å²) in [6.45, 7) is 10.5. The van der Waals surface area contributed by atoms with Crippen molar-refractivity contribution in [2.75, 3.05) is 27.4 Å². The van der Waals surface area contributed by atoms with Crippen LogP contribution in [0.2, 0.25) is 0 Å². The minimum Gasteiger partial charge on any atom is -0.493 e. The van der Waals surface area contributed by atoms with E-state index >= 15 is 0 Å². The van der Waals surface area contributed by atoms with Crippen molar-refractivity contribution in [3.8, 4) is 11.5 Å². The number of nitrogens with one attached hydrogen (secondary N) is 2. The fourth-order valence-corrected chi connectivity index (χ4v) is 2.98. The average Bonchev–Trinajstić information content (AvgIpc) is 2.81. The Hall–Kier alpha value is -3.75. The third-order valence-corrected chi connectivity index (χ3v) is 4.60. The molecule has 36 heavy (non-hydrogen) atoms. The van der Waals surface area contributed by atoms with Gasteiger partial charge in [0.1, 0.15) is 18.2 Å². The molecule has 0 unspecified atom stereocenters. The second kappa shape index (κ2) is 15.3. The molecule has 0 fully saturated rings. The van der Waals surface area contributed by atoms with E-state index in [2.05, 4.69) is 17.2 Å². The highest BCUT2D eigenvalue weighted by Gasteiger charge is 2.26. The number of esters is 1. The number of allylic oxidation sites excluding steroid dienone is 3. The van der Waals surface area contributed by atoms with Gasteiger partial charge in [-0.05, 0) is 57.4 Å². The molecular formula is C27H38N2O7. The van der Waals surface area contributed by atoms with Crippen molar-refractivity contribution >= 4 is 18.0 Å². The molecule has 0 spiro atoms. The number of ether oxygens (including phenoxy) is 4. The van der Waals surface area contributed by atoms with Crippen molar-refractivity contribution in [2.45, 2.75) is 52.2 Å². The summed E-state index contributed by atoms with van der Waals surface area (Å²) in [5.41, 5.74) is 0.703. The summed E-state index contributed by atoms with van der Waals surface area (Å²) in [5.74, 6) is -0.0180. The van der Waals surface area contributed by atoms with E-state index in [4.69, 9.17) is 18.9 Å². The Balaban J connectivity index is 2.88. The second-order valence-corrected chi connectivity index (χ2v) is 8.78. The number of amides is 2. The number of benzene rings is 1. The summed E-state index contributed by atoms with van der Waals surface area (Å²) >= 11 is 0. The van der Waals surface area contributed by atoms with Crippen molar-refractivity contribution < 1.29 is 33.3 Å². The maximum absolute atomic E-state index is 12.8. The first-order valence-corrected chi connectivity index (χ1v) is 11.6. The number of carbonyl (C=O) groups excluding carboxylic acids is 3. The average molecular weight is 503 g/mol. The van der Waals surface area contributed by atoms with E-state index in [-0.39, 0.29) is 25.5 Å². The van der Waals surface area contributed by atoms with Crippen LogP contribution in [0.4, 0.5) is 4.79 Å². The molecule has 0 radical (unpaired) electrons. The fraction of sp³-hybridized carbons (Fsp3) is 0.444. The topological polar surface area (TPSA) is 112 Å². The van der Waals surface area contributed by atoms with Crippen molar-refractivity contribution in [3.63, 3.8) is 0 Å². The minimum absolute atomic E-state index is 0.00308. The normalized spacial score (nSPS) is 12.4. The van der Waals surface area contributed by atoms with Gasteiger partial charge in [-0.1, -0.05) is 30.4 Å². The minimum atomic E-state index is -1.15. The smallest absolute Gasteiger partial charge is 0.408 e. The summed E-state index contributed by atoms with van der Waals surface area (Å²) in [7, 11) is 3.03. The molecule has 1 aromatic carbocycles. The summed E-state index contributed by atoms with van der Waals surface area (Å²) in [5, 5.41) is 5.15. The molecule has 2 N–H and O–H groups in total. The Morgan fingerprint density at radius 1 is 1.11 bits per heavy atom. The molecule has 0 aliphatic carbocycles. The standard InChI is InChI=1S/C27H38N2O7/c1-8-10-12-19(11-9-2)18-35-25(31)21(29-26(32)36-27(3,4)5)17-28-24(30)16-20-13-14-22(33-6)23(15-20)34-7/h8-9,11-15,21H,1,10,16-18H2,2-7H3,(H,28,30)(H,29,32)/b11-9-,19-12?/t21-/m0/s1. The molecule has 0 aliphatic heterocycles. The summed E-state index contributed by atoms with van der Waals surface area (Å²) in [6.07, 6.45) is 7.10. The molecule has 0 aliphatic rings. The van der Waals surface area contributed by atoms with E-state index in [0.717, 1.165) is 5.57 Å². The van der Waals surface area contributed by atoms with Gasteiger partial charge in [-0.15, -0.1) is 6.58 Å². The predicted molar refractivity (Wildman–Crippen MR) is 138 cm³/mol. The molecule has 0 aromatic heterocycles. The molecule has 1 rings (SSSR count). The van der Waals surface area contributed by atoms with Crippen LogP contribution in [0.15, 0.2) is 54.7 Å². The molecular weight excluding hydrogens is 464 g/mol. The zero-order valence-electron chi connectivity index (χ0n) is 22.0. The SMILES string of the molecule is C=CCC=C(/C=C\C)COC(=O)[C@H](CNC(=O)Cc1ccc(OC)c(OC)c1)NC(=O)OC(C)(C)C. The zero-order chi connectivity index (χ0) is 27.1. The van der Waals surface area contributed by atoms with Gasteiger partial charge in [0.2, 0.25) is 5.91 Å². The molecule has 1 atom stereocenters. The van der Waals surface area contributed by atoms with Crippen LogP contribution >= 0.6 is 0 Å². The van der Waals surface area contributed by atoms with Crippen molar-refractivity contribution in [1.29, 1.82) is 0 Å². The molecule has 2 amide bonds. The largest absolute Gasteiger partial charge is 0.493 e. The van der Waals surface area contributed by atoms with Crippen LogP contribution in [-0.4, -0.2) is 57.0 Å². The highest BCUT2D eigenvalue weighted by molar-refractivity contribution is 5.84. The molecule has 0 saturated heterocycles. The monoisotopic (exact) mass is 502 g/mol. The molecule has 198 valence electrons. The van der Waals surface area contributed by atoms with Crippen LogP contribution in [0.3, 0.4) is 0 Å². The van der Waals surface area contributed by atoms with Crippen LogP contribution in [-0.2, 0) is 25.5 Å². The van der Waals surface area contributed by atoms with E-state index in [1.165, 1.54) is 14.2 Å². The van der Waals surface area contributed by atoms with Crippen LogP contribution in [0.5, 0.6) is 11.5 Å². The van der Waals surface area contributed by atoms with Crippen LogP contribution in [0, 0.1) is 0 Å². The van der Waals surface area contributed by atoms with Gasteiger partial charge in [0, 0.05) is 6.54 Å². The lowest BCUT2D eigenvalue weighted by atomic mass is 10.1. The van der Waals surface area contributed by atoms with E-state index < -0.39 is 23.7 Å². The van der Waals surface area contributed by atoms with Gasteiger partial charge in [-0.3, -0.25) is 4.79 Å². The quantitative estimate of drug-likeness (QED) is 0.239. The Morgan fingerprint density at radius 3 is 2.39 bits per heavy atom. The number of methoxy groups -OCH3 is 2. The first kappa shape index (κ1) is 30.3. The van der Waals surface area contributed by atoms with Gasteiger partial charge in [0.15, 0.2) is 11.5 Å². The van der Waals surface area contributed by atoms with E-state index in [1.807, 2.05) is 25.2 Å². The first-order valence-electron chi connectivity index (χ1n) is 11.6. The van der Waals surface area contributed by atoms with E-state index in [9.17, 15) is 14.4 Å². The van der Waals surface area contributed by atoms with Crippen LogP contribution < -0.4 is 20.1 Å². The van der Waals surface area contributed by atoms with Gasteiger partial charge in [-0.25, -0.2) is 9.59 Å². The zero-order valence-corrected chi connectivity index (χ0v) is 22.0. The Morgan fingerprint density at radius 2 is 1.81 bits per heavy atom. The molecule has 9 nitrogen and oxygen atoms in total. The van der Waals surface area contributed by atoms with Crippen LogP contribution in [0.25, 0.3) is 0 Å². The first-order chi connectivity index (χ1) is 17.0. The van der Waals surface area contributed by atoms with E-state index in [0.29, 0.717) is 23.5 Å². The summed E-state index contributed by atoms with van der Waals surface area (Å²) < 4.78 is 21.1. The third-order valence-electron chi connectivity index (χ3n) is 4.60. The van der Waals surface area contributed by atoms with Gasteiger partial charge in [0.25, 0.3) is 0 Å². The molecule has 1 aromatic rings. The van der Waals surface area contributed by atoms with Gasteiger partial charge in [-0.2, -0.15) is 0 Å². The lowest BCUT2D eigenvalue weighted by Crippen LogP contribution is -2.50. The molecule has 0 saturated carbocycles. The van der Waals surface area contributed by atoms with Crippen molar-refractivity contribution in [2.24, 2.45) is 0 Å². The number of carbonyl (C=O) groups is 3. The highest BCUT2D eigenvalue weighted by atomic mass is 16.6. The number of rotatable bonds is 13. The highest BCUT2D eigenvalue weighted by Crippen LogP contribution is 2.27. The maximum atomic E-state index is 12.8. The van der Waals surface area contributed by atoms with Gasteiger partial charge < -0.3 is 29.6 Å². The van der Waals surface area contributed by atoms with Gasteiger partial charge >= 0.3 is 12.1 Å². The maximum Gasteiger partial charge on any atom is 0.408 e. The Labute approximate surface area is 213 Å². The van der Waals surface area contributed by atoms with Crippen LogP contribution in [0.1, 0.15) is 39.7 Å². The lowest BCUT2D eigenvalue weighted by Gasteiger charge is -2.23. The Kier molecular flexibility index (Phi) is 12.9. The molecule has 0 heterocycles. The van der Waals surface area contributed by atoms with E-state index in [1.54, 1.807) is 45.0 Å². The molecule has 0 bridgehead atoms. The van der Waals surface area contributed by atoms with Crippen molar-refractivity contribution in [1.82, 2.24) is 10.6 Å². The van der Waals surface area contributed by atoms with Gasteiger partial charge in [0.05, 0.1) is 20.6 Å². The molecule has 9 heteroatoms. The predicted octanol–water partition coefficient (Wildman–Crippen LogP) is 3.88. The summed E-state index contributed by atoms with van der Waals surface area (Å²) in [4.78, 5) is 37.7. The van der Waals surface area contributed by atoms with Crippen molar-refractivity contribution in [3.05, 3.63) is 60.2 Å². The second-order valence-electron chi connectivity index (χ2n) is 8.78. The lowest BCUT2D eigenvalue weighted by molar-refractivity contribution is -0.145. The number of hydrogen-bond acceptors (Lipinski definition) is 7. The fourth-order valence-electron chi connectivity index (χ4n) is 2.98. The third kappa shape index (κ3) is 11.6. The number of alkyl carbamates (subject to hydrolysis) is 1. The summed E-state index contributed by atoms with van der Waals surface area (Å²) in [6, 6.07) is 3.99. The number of hydrogen-bond donors (Lipinski definition) is 2. The Bertz CT molecular complexity index is 961.